The van der Waals surface area contributed by atoms with Crippen LogP contribution in [-0.4, -0.2) is 41.2 Å². The van der Waals surface area contributed by atoms with Crippen LogP contribution in [0.15, 0.2) is 0 Å². The molecule has 0 spiro atoms. The molecule has 0 aromatic heterocycles. The monoisotopic (exact) mass is 150 g/mol. The van der Waals surface area contributed by atoms with Crippen molar-refractivity contribution in [1.82, 2.24) is 0 Å². The summed E-state index contributed by atoms with van der Waals surface area (Å²) in [4.78, 5) is 10.3. The number of carbonyl (C=O) groups is 1. The van der Waals surface area contributed by atoms with Crippen molar-refractivity contribution in [3.8, 4) is 0 Å². The number of esters is 1. The van der Waals surface area contributed by atoms with Gasteiger partial charge < -0.3 is 14.9 Å². The lowest BCUT2D eigenvalue weighted by Gasteiger charge is -2.25. The zero-order valence-corrected chi connectivity index (χ0v) is 5.03. The van der Waals surface area contributed by atoms with Crippen LogP contribution in [0.5, 0.6) is 0 Å². The van der Waals surface area contributed by atoms with E-state index in [2.05, 4.69) is 4.74 Å². The molecule has 1 rings (SSSR count). The van der Waals surface area contributed by atoms with E-state index in [1.54, 1.807) is 0 Å². The summed E-state index contributed by atoms with van der Waals surface area (Å²) in [5.74, 6) is -1.11. The van der Waals surface area contributed by atoms with Gasteiger partial charge in [0.2, 0.25) is 6.17 Å². The molecule has 58 valence electrons. The number of rotatable bonds is 0. The lowest BCUT2D eigenvalue weighted by atomic mass is 10.1. The summed E-state index contributed by atoms with van der Waals surface area (Å²) < 4.78 is 16.5. The first-order valence-electron chi connectivity index (χ1n) is 2.80. The number of carbonyl (C=O) groups excluding carboxylic acids is 1. The third-order valence-electron chi connectivity index (χ3n) is 1.32. The Morgan fingerprint density at radius 1 is 1.60 bits per heavy atom. The number of hydrogen-bond donors (Lipinski definition) is 2. The van der Waals surface area contributed by atoms with Crippen molar-refractivity contribution in [2.24, 2.45) is 0 Å². The summed E-state index contributed by atoms with van der Waals surface area (Å²) in [5.41, 5.74) is 0. The number of alkyl halides is 1. The first kappa shape index (κ1) is 7.43. The van der Waals surface area contributed by atoms with Crippen LogP contribution in [0, 0.1) is 0 Å². The van der Waals surface area contributed by atoms with E-state index in [4.69, 9.17) is 10.2 Å². The molecule has 0 aromatic rings. The molecule has 3 atom stereocenters. The normalized spacial score (nSPS) is 41.1. The second-order valence-corrected chi connectivity index (χ2v) is 2.09. The van der Waals surface area contributed by atoms with Gasteiger partial charge in [0.1, 0.15) is 18.8 Å². The Morgan fingerprint density at radius 2 is 2.20 bits per heavy atom. The number of cyclic esters (lactones) is 1. The fraction of sp³-hybridized carbons (Fsp3) is 0.800. The molecule has 0 aromatic carbocycles. The Bertz CT molecular complexity index is 149. The van der Waals surface area contributed by atoms with E-state index in [1.807, 2.05) is 0 Å². The maximum Gasteiger partial charge on any atom is 0.343 e. The molecule has 0 unspecified atom stereocenters. The summed E-state index contributed by atoms with van der Waals surface area (Å²) in [6.07, 6.45) is -5.04. The quantitative estimate of drug-likeness (QED) is 0.417. The van der Waals surface area contributed by atoms with Crippen molar-refractivity contribution < 1.29 is 24.1 Å². The Morgan fingerprint density at radius 3 is 2.70 bits per heavy atom. The standard InChI is InChI=1S/C5H7FO4/c6-3-4(8)2(7)1-10-5(3)9/h2-4,7-8H,1H2/t2-,3+,4-/m1/s1. The predicted octanol–water partition coefficient (Wildman–Crippen LogP) is -1.40. The van der Waals surface area contributed by atoms with Crippen LogP contribution in [0.25, 0.3) is 0 Å². The van der Waals surface area contributed by atoms with Crippen molar-refractivity contribution in [1.29, 1.82) is 0 Å². The minimum atomic E-state index is -2.11. The second kappa shape index (κ2) is 2.51. The summed E-state index contributed by atoms with van der Waals surface area (Å²) in [5, 5.41) is 17.4. The highest BCUT2D eigenvalue weighted by molar-refractivity contribution is 5.76. The largest absolute Gasteiger partial charge is 0.461 e. The maximum atomic E-state index is 12.3. The fourth-order valence-electron chi connectivity index (χ4n) is 0.680. The zero-order valence-electron chi connectivity index (χ0n) is 5.03. The molecule has 1 heterocycles. The average molecular weight is 150 g/mol. The molecule has 0 bridgehead atoms. The first-order chi connectivity index (χ1) is 4.63. The van der Waals surface area contributed by atoms with Crippen LogP contribution in [0.2, 0.25) is 0 Å². The first-order valence-corrected chi connectivity index (χ1v) is 2.80. The average Bonchev–Trinajstić information content (AvgIpc) is 1.93. The summed E-state index contributed by atoms with van der Waals surface area (Å²) in [6, 6.07) is 0. The minimum Gasteiger partial charge on any atom is -0.461 e. The second-order valence-electron chi connectivity index (χ2n) is 2.09. The molecule has 1 aliphatic rings. The number of ether oxygens (including phenoxy) is 1. The van der Waals surface area contributed by atoms with E-state index < -0.39 is 24.3 Å². The molecule has 0 aliphatic carbocycles. The Hall–Kier alpha value is -0.680. The zero-order chi connectivity index (χ0) is 7.72. The molecule has 1 aliphatic heterocycles. The highest BCUT2D eigenvalue weighted by Crippen LogP contribution is 2.12. The highest BCUT2D eigenvalue weighted by atomic mass is 19.1. The van der Waals surface area contributed by atoms with E-state index in [0.717, 1.165) is 0 Å². The number of aliphatic hydroxyl groups excluding tert-OH is 2. The molecule has 10 heavy (non-hydrogen) atoms. The van der Waals surface area contributed by atoms with Crippen molar-refractivity contribution in [3.05, 3.63) is 0 Å². The van der Waals surface area contributed by atoms with Gasteiger partial charge in [-0.15, -0.1) is 0 Å². The van der Waals surface area contributed by atoms with Crippen molar-refractivity contribution in [2.75, 3.05) is 6.61 Å². The molecule has 4 nitrogen and oxygen atoms in total. The molecular formula is C5H7FO4. The van der Waals surface area contributed by atoms with Gasteiger partial charge in [0.25, 0.3) is 0 Å². The maximum absolute atomic E-state index is 12.3. The van der Waals surface area contributed by atoms with Gasteiger partial charge in [0.05, 0.1) is 0 Å². The Kier molecular flexibility index (Phi) is 1.87. The van der Waals surface area contributed by atoms with Gasteiger partial charge in [-0.05, 0) is 0 Å². The van der Waals surface area contributed by atoms with E-state index in [9.17, 15) is 9.18 Å². The minimum absolute atomic E-state index is 0.333. The van der Waals surface area contributed by atoms with Gasteiger partial charge in [-0.25, -0.2) is 9.18 Å². The van der Waals surface area contributed by atoms with E-state index in [-0.39, 0.29) is 6.61 Å². The van der Waals surface area contributed by atoms with Crippen LogP contribution < -0.4 is 0 Å². The molecule has 1 fully saturated rings. The molecule has 0 radical (unpaired) electrons. The SMILES string of the molecule is O=C1OC[C@@H](O)[C@@H](O)[C@@H]1F. The molecule has 1 saturated heterocycles. The van der Waals surface area contributed by atoms with Crippen LogP contribution in [0.1, 0.15) is 0 Å². The third kappa shape index (κ3) is 1.10. The summed E-state index contributed by atoms with van der Waals surface area (Å²) in [6.45, 7) is -0.333. The van der Waals surface area contributed by atoms with Gasteiger partial charge >= 0.3 is 5.97 Å². The third-order valence-corrected chi connectivity index (χ3v) is 1.32. The smallest absolute Gasteiger partial charge is 0.343 e. The fourth-order valence-corrected chi connectivity index (χ4v) is 0.680. The van der Waals surface area contributed by atoms with E-state index >= 15 is 0 Å². The molecular weight excluding hydrogens is 143 g/mol. The van der Waals surface area contributed by atoms with Gasteiger partial charge in [-0.3, -0.25) is 0 Å². The predicted molar refractivity (Wildman–Crippen MR) is 27.9 cm³/mol. The lowest BCUT2D eigenvalue weighted by molar-refractivity contribution is -0.176. The summed E-state index contributed by atoms with van der Waals surface area (Å²) >= 11 is 0. The van der Waals surface area contributed by atoms with Crippen LogP contribution in [-0.2, 0) is 9.53 Å². The Balaban J connectivity index is 2.60. The molecule has 0 amide bonds. The van der Waals surface area contributed by atoms with E-state index in [1.165, 1.54) is 0 Å². The lowest BCUT2D eigenvalue weighted by Crippen LogP contribution is -2.48. The van der Waals surface area contributed by atoms with E-state index in [0.29, 0.717) is 0 Å². The van der Waals surface area contributed by atoms with Crippen LogP contribution in [0.3, 0.4) is 0 Å². The van der Waals surface area contributed by atoms with Crippen LogP contribution >= 0.6 is 0 Å². The number of hydrogen-bond acceptors (Lipinski definition) is 4. The van der Waals surface area contributed by atoms with Gasteiger partial charge in [-0.2, -0.15) is 0 Å². The summed E-state index contributed by atoms with van der Waals surface area (Å²) in [7, 11) is 0. The van der Waals surface area contributed by atoms with Crippen molar-refractivity contribution in [2.45, 2.75) is 18.4 Å². The topological polar surface area (TPSA) is 66.8 Å². The van der Waals surface area contributed by atoms with Crippen molar-refractivity contribution >= 4 is 5.97 Å². The molecule has 0 saturated carbocycles. The number of aliphatic hydroxyl groups is 2. The Labute approximate surface area is 56.2 Å². The highest BCUT2D eigenvalue weighted by Gasteiger charge is 2.38. The van der Waals surface area contributed by atoms with Crippen molar-refractivity contribution in [3.63, 3.8) is 0 Å². The van der Waals surface area contributed by atoms with Gasteiger partial charge in [-0.1, -0.05) is 0 Å². The number of halogens is 1. The molecule has 2 N–H and O–H groups in total. The van der Waals surface area contributed by atoms with Gasteiger partial charge in [0, 0.05) is 0 Å². The van der Waals surface area contributed by atoms with Gasteiger partial charge in [0.15, 0.2) is 0 Å². The van der Waals surface area contributed by atoms with Crippen LogP contribution in [0.4, 0.5) is 4.39 Å². The molecule has 5 heteroatoms.